The molecule has 32 heavy (non-hydrogen) atoms. The molecule has 0 radical (unpaired) electrons. The van der Waals surface area contributed by atoms with Gasteiger partial charge in [0.15, 0.2) is 11.6 Å². The second-order valence-electron chi connectivity index (χ2n) is 8.54. The standard InChI is InChI=1S/C22H27ClFN7O/c23-16-11-15(3-4-17(16)24)18(13-29-5-1-2-6-29)30-7-9-31(10-8-30)22-20-21(26-14-27-22)25-12-19(32)28-20/h3-4,11,14,18H,1-2,5-10,12-13H2,(H,28,32)(H,25,26,27). The second-order valence-corrected chi connectivity index (χ2v) is 8.95. The predicted octanol–water partition coefficient (Wildman–Crippen LogP) is 2.59. The van der Waals surface area contributed by atoms with E-state index >= 15 is 0 Å². The highest BCUT2D eigenvalue weighted by molar-refractivity contribution is 6.30. The average molecular weight is 460 g/mol. The van der Waals surface area contributed by atoms with Crippen molar-refractivity contribution in [3.8, 4) is 0 Å². The maximum atomic E-state index is 13.8. The zero-order valence-corrected chi connectivity index (χ0v) is 18.6. The highest BCUT2D eigenvalue weighted by atomic mass is 35.5. The van der Waals surface area contributed by atoms with Crippen molar-refractivity contribution in [2.75, 3.05) is 67.9 Å². The van der Waals surface area contributed by atoms with E-state index in [4.69, 9.17) is 11.6 Å². The van der Waals surface area contributed by atoms with Crippen LogP contribution in [-0.4, -0.2) is 78.0 Å². The van der Waals surface area contributed by atoms with E-state index in [0.717, 1.165) is 57.2 Å². The molecule has 0 aliphatic carbocycles. The van der Waals surface area contributed by atoms with Crippen molar-refractivity contribution in [3.63, 3.8) is 0 Å². The zero-order valence-electron chi connectivity index (χ0n) is 17.9. The Morgan fingerprint density at radius 1 is 1.09 bits per heavy atom. The number of nitrogens with one attached hydrogen (secondary N) is 2. The highest BCUT2D eigenvalue weighted by Crippen LogP contribution is 2.33. The van der Waals surface area contributed by atoms with Crippen LogP contribution in [0.25, 0.3) is 0 Å². The molecule has 4 heterocycles. The van der Waals surface area contributed by atoms with Gasteiger partial charge in [-0.05, 0) is 43.6 Å². The van der Waals surface area contributed by atoms with Crippen molar-refractivity contribution in [2.24, 2.45) is 0 Å². The maximum Gasteiger partial charge on any atom is 0.243 e. The molecule has 3 aliphatic rings. The van der Waals surface area contributed by atoms with E-state index in [0.29, 0.717) is 11.5 Å². The number of hydrogen-bond donors (Lipinski definition) is 2. The van der Waals surface area contributed by atoms with Crippen LogP contribution in [0.5, 0.6) is 0 Å². The number of amides is 1. The molecule has 1 aromatic carbocycles. The molecule has 0 bridgehead atoms. The Kier molecular flexibility index (Phi) is 6.12. The van der Waals surface area contributed by atoms with Gasteiger partial charge in [0.05, 0.1) is 11.6 Å². The molecule has 8 nitrogen and oxygen atoms in total. The summed E-state index contributed by atoms with van der Waals surface area (Å²) >= 11 is 6.13. The number of hydrogen-bond acceptors (Lipinski definition) is 7. The molecule has 5 rings (SSSR count). The molecular weight excluding hydrogens is 433 g/mol. The van der Waals surface area contributed by atoms with Crippen molar-refractivity contribution in [2.45, 2.75) is 18.9 Å². The van der Waals surface area contributed by atoms with Gasteiger partial charge in [0.1, 0.15) is 17.8 Å². The molecule has 0 spiro atoms. The number of benzene rings is 1. The van der Waals surface area contributed by atoms with Crippen molar-refractivity contribution in [3.05, 3.63) is 40.9 Å². The smallest absolute Gasteiger partial charge is 0.243 e. The van der Waals surface area contributed by atoms with Crippen LogP contribution in [0.3, 0.4) is 0 Å². The SMILES string of the molecule is O=C1CNc2ncnc(N3CCN(C(CN4CCCC4)c4ccc(F)c(Cl)c4)CC3)c2N1. The minimum atomic E-state index is -0.385. The summed E-state index contributed by atoms with van der Waals surface area (Å²) in [4.78, 5) is 27.7. The Hall–Kier alpha value is -2.49. The van der Waals surface area contributed by atoms with Gasteiger partial charge in [-0.1, -0.05) is 17.7 Å². The molecule has 1 atom stereocenters. The largest absolute Gasteiger partial charge is 0.359 e. The van der Waals surface area contributed by atoms with Crippen LogP contribution >= 0.6 is 11.6 Å². The number of aromatic nitrogens is 2. The van der Waals surface area contributed by atoms with Crippen molar-refractivity contribution in [1.82, 2.24) is 19.8 Å². The summed E-state index contributed by atoms with van der Waals surface area (Å²) in [5.41, 5.74) is 1.70. The molecule has 2 N–H and O–H groups in total. The van der Waals surface area contributed by atoms with E-state index in [9.17, 15) is 9.18 Å². The van der Waals surface area contributed by atoms with E-state index < -0.39 is 0 Å². The van der Waals surface area contributed by atoms with E-state index in [1.165, 1.54) is 25.2 Å². The van der Waals surface area contributed by atoms with Crippen molar-refractivity contribution in [1.29, 1.82) is 0 Å². The van der Waals surface area contributed by atoms with Crippen LogP contribution in [0, 0.1) is 5.82 Å². The van der Waals surface area contributed by atoms with Crippen LogP contribution in [0.4, 0.5) is 21.7 Å². The fourth-order valence-electron chi connectivity index (χ4n) is 4.82. The number of anilines is 3. The molecule has 2 saturated heterocycles. The normalized spacial score (nSPS) is 20.6. The lowest BCUT2D eigenvalue weighted by Gasteiger charge is -2.41. The van der Waals surface area contributed by atoms with Crippen molar-refractivity contribution >= 4 is 34.8 Å². The number of rotatable bonds is 5. The number of fused-ring (bicyclic) bond motifs is 1. The number of piperazine rings is 1. The third-order valence-electron chi connectivity index (χ3n) is 6.52. The van der Waals surface area contributed by atoms with E-state index in [1.807, 2.05) is 6.07 Å². The number of carbonyl (C=O) groups is 1. The monoisotopic (exact) mass is 459 g/mol. The van der Waals surface area contributed by atoms with Gasteiger partial charge in [0.2, 0.25) is 5.91 Å². The van der Waals surface area contributed by atoms with E-state index in [1.54, 1.807) is 6.07 Å². The van der Waals surface area contributed by atoms with E-state index in [2.05, 4.69) is 35.3 Å². The molecule has 2 fully saturated rings. The number of nitrogens with zero attached hydrogens (tertiary/aromatic N) is 5. The summed E-state index contributed by atoms with van der Waals surface area (Å²) in [7, 11) is 0. The highest BCUT2D eigenvalue weighted by Gasteiger charge is 2.30. The third kappa shape index (κ3) is 4.37. The lowest BCUT2D eigenvalue weighted by atomic mass is 10.0. The number of halogens is 2. The maximum absolute atomic E-state index is 13.8. The summed E-state index contributed by atoms with van der Waals surface area (Å²) in [5.74, 6) is 0.927. The van der Waals surface area contributed by atoms with Gasteiger partial charge in [-0.25, -0.2) is 14.4 Å². The fraction of sp³-hybridized carbons (Fsp3) is 0.500. The quantitative estimate of drug-likeness (QED) is 0.711. The Morgan fingerprint density at radius 2 is 1.88 bits per heavy atom. The minimum absolute atomic E-state index is 0.0916. The lowest BCUT2D eigenvalue weighted by molar-refractivity contribution is -0.114. The summed E-state index contributed by atoms with van der Waals surface area (Å²) in [6, 6.07) is 5.24. The summed E-state index contributed by atoms with van der Waals surface area (Å²) in [5, 5.41) is 6.12. The van der Waals surface area contributed by atoms with Gasteiger partial charge in [-0.3, -0.25) is 9.69 Å². The predicted molar refractivity (Wildman–Crippen MR) is 123 cm³/mol. The number of carbonyl (C=O) groups excluding carboxylic acids is 1. The van der Waals surface area contributed by atoms with Gasteiger partial charge < -0.3 is 20.4 Å². The van der Waals surface area contributed by atoms with Gasteiger partial charge in [0.25, 0.3) is 0 Å². The molecule has 2 aromatic rings. The Bertz CT molecular complexity index is 992. The third-order valence-corrected chi connectivity index (χ3v) is 6.81. The Morgan fingerprint density at radius 3 is 2.62 bits per heavy atom. The average Bonchev–Trinajstić information content (AvgIpc) is 3.32. The van der Waals surface area contributed by atoms with Crippen molar-refractivity contribution < 1.29 is 9.18 Å². The summed E-state index contributed by atoms with van der Waals surface area (Å²) in [6.45, 7) is 6.52. The summed E-state index contributed by atoms with van der Waals surface area (Å²) < 4.78 is 13.8. The topological polar surface area (TPSA) is 76.6 Å². The molecular formula is C22H27ClFN7O. The van der Waals surface area contributed by atoms with Crippen LogP contribution in [0.1, 0.15) is 24.4 Å². The molecule has 1 amide bonds. The first-order valence-electron chi connectivity index (χ1n) is 11.1. The first-order valence-corrected chi connectivity index (χ1v) is 11.5. The molecule has 3 aliphatic heterocycles. The minimum Gasteiger partial charge on any atom is -0.359 e. The van der Waals surface area contributed by atoms with Gasteiger partial charge in [-0.2, -0.15) is 0 Å². The van der Waals surface area contributed by atoms with Gasteiger partial charge in [-0.15, -0.1) is 0 Å². The van der Waals surface area contributed by atoms with Crippen LogP contribution in [0.15, 0.2) is 24.5 Å². The molecule has 170 valence electrons. The van der Waals surface area contributed by atoms with Crippen LogP contribution in [0.2, 0.25) is 5.02 Å². The van der Waals surface area contributed by atoms with E-state index in [-0.39, 0.29) is 29.3 Å². The lowest BCUT2D eigenvalue weighted by Crippen LogP contribution is -2.50. The Balaban J connectivity index is 1.33. The van der Waals surface area contributed by atoms with Crippen LogP contribution < -0.4 is 15.5 Å². The zero-order chi connectivity index (χ0) is 22.1. The molecule has 10 heteroatoms. The first kappa shape index (κ1) is 21.4. The summed E-state index contributed by atoms with van der Waals surface area (Å²) in [6.07, 6.45) is 3.98. The Labute approximate surface area is 191 Å². The second kappa shape index (κ2) is 9.17. The molecule has 0 saturated carbocycles. The first-order chi connectivity index (χ1) is 15.6. The van der Waals surface area contributed by atoms with Gasteiger partial charge >= 0.3 is 0 Å². The number of likely N-dealkylation sites (tertiary alicyclic amines) is 1. The van der Waals surface area contributed by atoms with Gasteiger partial charge in [0, 0.05) is 38.8 Å². The molecule has 1 unspecified atom stereocenters. The molecule has 1 aromatic heterocycles. The van der Waals surface area contributed by atoms with Crippen LogP contribution in [-0.2, 0) is 4.79 Å². The fourth-order valence-corrected chi connectivity index (χ4v) is 5.01.